The van der Waals surface area contributed by atoms with Gasteiger partial charge in [-0.15, -0.1) is 9.32 Å². The molecule has 2 aromatic rings. The lowest BCUT2D eigenvalue weighted by atomic mass is 10.1. The van der Waals surface area contributed by atoms with Crippen molar-refractivity contribution < 1.29 is 14.1 Å². The van der Waals surface area contributed by atoms with Crippen LogP contribution in [-0.2, 0) is 9.32 Å². The molecule has 25 heavy (non-hydrogen) atoms. The Morgan fingerprint density at radius 3 is 2.64 bits per heavy atom. The predicted octanol–water partition coefficient (Wildman–Crippen LogP) is 5.26. The molecule has 134 valence electrons. The highest BCUT2D eigenvalue weighted by molar-refractivity contribution is 7.94. The number of unbranched alkanes of at least 4 members (excludes halogenated alkanes) is 1. The minimum Gasteiger partial charge on any atom is -0.454 e. The van der Waals surface area contributed by atoms with Crippen molar-refractivity contribution in [2.24, 2.45) is 5.90 Å². The zero-order valence-electron chi connectivity index (χ0n) is 14.3. The Balaban J connectivity index is 2.42. The number of benzene rings is 2. The highest BCUT2D eigenvalue weighted by Gasteiger charge is 2.16. The third-order valence-electron chi connectivity index (χ3n) is 3.43. The summed E-state index contributed by atoms with van der Waals surface area (Å²) in [6.45, 7) is 4.86. The van der Waals surface area contributed by atoms with Crippen LogP contribution < -0.4 is 16.0 Å². The van der Waals surface area contributed by atoms with Gasteiger partial charge in [-0.3, -0.25) is 0 Å². The van der Waals surface area contributed by atoms with Gasteiger partial charge in [0.05, 0.1) is 22.6 Å². The minimum absolute atomic E-state index is 0.643. The second-order valence-electron chi connectivity index (χ2n) is 5.35. The first-order valence-electron chi connectivity index (χ1n) is 8.01. The topological polar surface area (TPSA) is 65.7 Å². The standard InChI is InChI=1S/C18H22N2O3S2/c1-3-4-10-20-16-11-14(13(2)24)12-17(25-23-22-19)18(16)21-15-8-6-5-7-9-15/h5-9,11-12,20H,3-4,10,19H2,1-2H3. The van der Waals surface area contributed by atoms with Crippen molar-refractivity contribution in [3.63, 3.8) is 0 Å². The Labute approximate surface area is 157 Å². The second-order valence-corrected chi connectivity index (χ2v) is 6.71. The summed E-state index contributed by atoms with van der Waals surface area (Å²) in [5.74, 6) is 6.36. The first-order valence-corrected chi connectivity index (χ1v) is 9.16. The van der Waals surface area contributed by atoms with Crippen LogP contribution in [0.1, 0.15) is 32.3 Å². The van der Waals surface area contributed by atoms with E-state index in [1.165, 1.54) is 0 Å². The summed E-state index contributed by atoms with van der Waals surface area (Å²) in [5.41, 5.74) is 1.76. The number of anilines is 1. The van der Waals surface area contributed by atoms with E-state index in [2.05, 4.69) is 17.2 Å². The molecule has 0 saturated carbocycles. The van der Waals surface area contributed by atoms with E-state index >= 15 is 0 Å². The molecule has 0 aromatic heterocycles. The van der Waals surface area contributed by atoms with Gasteiger partial charge < -0.3 is 10.1 Å². The molecule has 2 aromatic carbocycles. The molecule has 0 fully saturated rings. The van der Waals surface area contributed by atoms with Gasteiger partial charge in [-0.05, 0) is 43.2 Å². The first-order chi connectivity index (χ1) is 12.2. The third-order valence-corrected chi connectivity index (χ3v) is 4.30. The summed E-state index contributed by atoms with van der Waals surface area (Å²) in [7, 11) is 0. The average molecular weight is 379 g/mol. The van der Waals surface area contributed by atoms with Crippen LogP contribution in [0, 0.1) is 0 Å². The number of rotatable bonds is 10. The van der Waals surface area contributed by atoms with Gasteiger partial charge in [-0.25, -0.2) is 0 Å². The molecule has 0 atom stereocenters. The van der Waals surface area contributed by atoms with Crippen LogP contribution in [0.2, 0.25) is 0 Å². The molecule has 0 aliphatic carbocycles. The highest BCUT2D eigenvalue weighted by Crippen LogP contribution is 2.40. The second kappa shape index (κ2) is 10.4. The van der Waals surface area contributed by atoms with Gasteiger partial charge in [0.15, 0.2) is 5.75 Å². The molecule has 2 rings (SSSR count). The smallest absolute Gasteiger partial charge is 0.166 e. The summed E-state index contributed by atoms with van der Waals surface area (Å²) in [5, 5.41) is 3.42. The molecule has 0 amide bonds. The lowest BCUT2D eigenvalue weighted by molar-refractivity contribution is -0.195. The molecule has 0 heterocycles. The number of thiocarbonyl (C=S) groups is 1. The van der Waals surface area contributed by atoms with Crippen molar-refractivity contribution in [2.45, 2.75) is 31.6 Å². The van der Waals surface area contributed by atoms with Crippen LogP contribution in [0.4, 0.5) is 5.69 Å². The average Bonchev–Trinajstić information content (AvgIpc) is 2.62. The van der Waals surface area contributed by atoms with Crippen LogP contribution in [-0.4, -0.2) is 11.4 Å². The van der Waals surface area contributed by atoms with E-state index in [9.17, 15) is 0 Å². The predicted molar refractivity (Wildman–Crippen MR) is 106 cm³/mol. The molecule has 0 spiro atoms. The van der Waals surface area contributed by atoms with Gasteiger partial charge in [-0.2, -0.15) is 5.90 Å². The number of para-hydroxylation sites is 1. The van der Waals surface area contributed by atoms with E-state index in [0.29, 0.717) is 5.75 Å². The Morgan fingerprint density at radius 1 is 1.24 bits per heavy atom. The maximum Gasteiger partial charge on any atom is 0.166 e. The molecular weight excluding hydrogens is 356 g/mol. The Hall–Kier alpha value is -1.64. The summed E-state index contributed by atoms with van der Waals surface area (Å²) >= 11 is 6.31. The molecule has 0 unspecified atom stereocenters. The molecule has 0 aliphatic rings. The third kappa shape index (κ3) is 5.98. The summed E-state index contributed by atoms with van der Waals surface area (Å²) in [4.78, 5) is 5.74. The largest absolute Gasteiger partial charge is 0.454 e. The number of ether oxygens (including phenoxy) is 1. The Bertz CT molecular complexity index is 696. The monoisotopic (exact) mass is 378 g/mol. The Morgan fingerprint density at radius 2 is 2.00 bits per heavy atom. The summed E-state index contributed by atoms with van der Waals surface area (Å²) in [6.07, 6.45) is 2.15. The molecule has 3 N–H and O–H groups in total. The maximum absolute atomic E-state index is 6.10. The van der Waals surface area contributed by atoms with Crippen molar-refractivity contribution in [3.05, 3.63) is 48.0 Å². The van der Waals surface area contributed by atoms with Crippen molar-refractivity contribution in [1.82, 2.24) is 0 Å². The van der Waals surface area contributed by atoms with E-state index in [1.54, 1.807) is 0 Å². The number of nitrogens with two attached hydrogens (primary N) is 1. The van der Waals surface area contributed by atoms with Gasteiger partial charge in [0.25, 0.3) is 0 Å². The SMILES string of the molecule is CCCCNc1cc(C(C)=S)cc(SOON)c1Oc1ccccc1. The van der Waals surface area contributed by atoms with Gasteiger partial charge in [0.2, 0.25) is 0 Å². The van der Waals surface area contributed by atoms with Crippen molar-refractivity contribution in [1.29, 1.82) is 0 Å². The zero-order chi connectivity index (χ0) is 18.1. The van der Waals surface area contributed by atoms with E-state index in [-0.39, 0.29) is 0 Å². The highest BCUT2D eigenvalue weighted by atomic mass is 32.2. The molecular formula is C18H22N2O3S2. The summed E-state index contributed by atoms with van der Waals surface area (Å²) in [6, 6.07) is 13.4. The lowest BCUT2D eigenvalue weighted by Gasteiger charge is -2.17. The quantitative estimate of drug-likeness (QED) is 0.146. The fourth-order valence-corrected chi connectivity index (χ4v) is 2.80. The van der Waals surface area contributed by atoms with Crippen LogP contribution in [0.3, 0.4) is 0 Å². The van der Waals surface area contributed by atoms with Crippen LogP contribution in [0.5, 0.6) is 11.5 Å². The lowest BCUT2D eigenvalue weighted by Crippen LogP contribution is -2.05. The van der Waals surface area contributed by atoms with E-state index in [0.717, 1.165) is 58.2 Å². The van der Waals surface area contributed by atoms with Crippen LogP contribution in [0.15, 0.2) is 47.4 Å². The van der Waals surface area contributed by atoms with E-state index in [1.807, 2.05) is 49.4 Å². The van der Waals surface area contributed by atoms with Crippen molar-refractivity contribution >= 4 is 34.8 Å². The van der Waals surface area contributed by atoms with Crippen molar-refractivity contribution in [3.8, 4) is 11.5 Å². The van der Waals surface area contributed by atoms with E-state index < -0.39 is 0 Å². The molecule has 7 heteroatoms. The fraction of sp³-hybridized carbons (Fsp3) is 0.278. The van der Waals surface area contributed by atoms with Gasteiger partial charge >= 0.3 is 0 Å². The zero-order valence-corrected chi connectivity index (χ0v) is 15.9. The molecule has 0 bridgehead atoms. The molecule has 0 radical (unpaired) electrons. The number of hydrogen-bond donors (Lipinski definition) is 2. The Kier molecular flexibility index (Phi) is 8.17. The van der Waals surface area contributed by atoms with Crippen LogP contribution >= 0.6 is 24.3 Å². The van der Waals surface area contributed by atoms with E-state index in [4.69, 9.17) is 27.2 Å². The molecule has 0 aliphatic heterocycles. The minimum atomic E-state index is 0.643. The van der Waals surface area contributed by atoms with Gasteiger partial charge in [0, 0.05) is 11.4 Å². The van der Waals surface area contributed by atoms with Gasteiger partial charge in [-0.1, -0.05) is 43.8 Å². The molecule has 5 nitrogen and oxygen atoms in total. The number of hydrogen-bond acceptors (Lipinski definition) is 7. The first kappa shape index (κ1) is 19.7. The number of nitrogens with one attached hydrogen (secondary N) is 1. The fourth-order valence-electron chi connectivity index (χ4n) is 2.17. The van der Waals surface area contributed by atoms with Crippen molar-refractivity contribution in [2.75, 3.05) is 11.9 Å². The molecule has 0 saturated heterocycles. The normalized spacial score (nSPS) is 10.5. The summed E-state index contributed by atoms with van der Waals surface area (Å²) < 4.78 is 11.0. The maximum atomic E-state index is 6.10. The van der Waals surface area contributed by atoms with Crippen LogP contribution in [0.25, 0.3) is 0 Å². The van der Waals surface area contributed by atoms with Gasteiger partial charge in [0.1, 0.15) is 5.75 Å².